The highest BCUT2D eigenvalue weighted by Crippen LogP contribution is 2.35. The van der Waals surface area contributed by atoms with E-state index in [1.54, 1.807) is 0 Å². The van der Waals surface area contributed by atoms with Gasteiger partial charge in [0.05, 0.1) is 6.42 Å². The van der Waals surface area contributed by atoms with Crippen molar-refractivity contribution in [1.82, 2.24) is 10.2 Å². The minimum atomic E-state index is -4.43. The van der Waals surface area contributed by atoms with Crippen molar-refractivity contribution in [1.29, 1.82) is 5.41 Å². The molecule has 1 fully saturated rings. The van der Waals surface area contributed by atoms with E-state index >= 15 is 0 Å². The molecule has 0 saturated heterocycles. The van der Waals surface area contributed by atoms with E-state index in [0.29, 0.717) is 25.7 Å². The summed E-state index contributed by atoms with van der Waals surface area (Å²) >= 11 is 5.99. The summed E-state index contributed by atoms with van der Waals surface area (Å²) in [7, 11) is 0. The summed E-state index contributed by atoms with van der Waals surface area (Å²) in [4.78, 5) is 13.5. The van der Waals surface area contributed by atoms with E-state index in [-0.39, 0.29) is 35.3 Å². The summed E-state index contributed by atoms with van der Waals surface area (Å²) in [5.74, 6) is -1.05. The quantitative estimate of drug-likeness (QED) is 0.315. The summed E-state index contributed by atoms with van der Waals surface area (Å²) in [5, 5.41) is 10.6. The van der Waals surface area contributed by atoms with Crippen LogP contribution in [0.5, 0.6) is 0 Å². The third-order valence-electron chi connectivity index (χ3n) is 5.25. The summed E-state index contributed by atoms with van der Waals surface area (Å²) in [6, 6.07) is 3.16. The first kappa shape index (κ1) is 24.4. The minimum absolute atomic E-state index is 0.0252. The standard InChI is InChI=1S/C20H25ClF5N3O/c1-19(23)7-5-13(6-8-19)12-29(18(30)28-10-9-20(24,25)26)17(27)11-14-15(21)3-2-4-16(14)22/h2-4,13,27H,5-12H2,1H3,(H,28,30). The molecule has 2 N–H and O–H groups in total. The molecule has 1 aromatic carbocycles. The van der Waals surface area contributed by atoms with Gasteiger partial charge in [-0.3, -0.25) is 10.3 Å². The molecule has 0 heterocycles. The monoisotopic (exact) mass is 453 g/mol. The molecule has 2 amide bonds. The van der Waals surface area contributed by atoms with Gasteiger partial charge in [-0.2, -0.15) is 13.2 Å². The zero-order valence-corrected chi connectivity index (χ0v) is 17.3. The van der Waals surface area contributed by atoms with Gasteiger partial charge >= 0.3 is 12.2 Å². The largest absolute Gasteiger partial charge is 0.390 e. The molecule has 0 aromatic heterocycles. The number of carbonyl (C=O) groups is 1. The number of hydrogen-bond donors (Lipinski definition) is 2. The van der Waals surface area contributed by atoms with Crippen LogP contribution in [0, 0.1) is 17.1 Å². The van der Waals surface area contributed by atoms with Gasteiger partial charge in [-0.05, 0) is 50.7 Å². The molecule has 1 aliphatic rings. The molecular formula is C20H25ClF5N3O. The average molecular weight is 454 g/mol. The van der Waals surface area contributed by atoms with Crippen LogP contribution in [-0.4, -0.2) is 41.7 Å². The Bertz CT molecular complexity index is 739. The maximum absolute atomic E-state index is 14.1. The first-order valence-electron chi connectivity index (χ1n) is 9.69. The lowest BCUT2D eigenvalue weighted by Crippen LogP contribution is -2.48. The van der Waals surface area contributed by atoms with Crippen LogP contribution in [0.3, 0.4) is 0 Å². The molecule has 1 aromatic rings. The van der Waals surface area contributed by atoms with Crippen molar-refractivity contribution in [3.8, 4) is 0 Å². The summed E-state index contributed by atoms with van der Waals surface area (Å²) in [5.41, 5.74) is -1.26. The molecule has 0 spiro atoms. The number of urea groups is 1. The Hall–Kier alpha value is -1.90. The molecule has 1 saturated carbocycles. The van der Waals surface area contributed by atoms with E-state index in [4.69, 9.17) is 17.0 Å². The number of rotatable bonds is 6. The van der Waals surface area contributed by atoms with Crippen molar-refractivity contribution in [2.24, 2.45) is 5.92 Å². The molecule has 10 heteroatoms. The number of hydrogen-bond acceptors (Lipinski definition) is 2. The molecule has 0 radical (unpaired) electrons. The molecule has 2 rings (SSSR count). The summed E-state index contributed by atoms with van der Waals surface area (Å²) in [6.07, 6.45) is -4.38. The predicted molar refractivity (Wildman–Crippen MR) is 105 cm³/mol. The molecule has 0 aliphatic heterocycles. The lowest BCUT2D eigenvalue weighted by Gasteiger charge is -2.34. The Labute approximate surface area is 177 Å². The first-order valence-corrected chi connectivity index (χ1v) is 10.1. The van der Waals surface area contributed by atoms with E-state index in [2.05, 4.69) is 5.32 Å². The highest BCUT2D eigenvalue weighted by molar-refractivity contribution is 6.31. The van der Waals surface area contributed by atoms with E-state index in [1.165, 1.54) is 25.1 Å². The topological polar surface area (TPSA) is 56.2 Å². The smallest absolute Gasteiger partial charge is 0.337 e. The Morgan fingerprint density at radius 1 is 1.33 bits per heavy atom. The summed E-state index contributed by atoms with van der Waals surface area (Å²) in [6.45, 7) is 0.908. The number of alkyl halides is 4. The molecule has 1 aliphatic carbocycles. The normalized spacial score (nSPS) is 21.9. The van der Waals surface area contributed by atoms with Crippen LogP contribution < -0.4 is 5.32 Å². The molecule has 0 bridgehead atoms. The molecule has 30 heavy (non-hydrogen) atoms. The fraction of sp³-hybridized carbons (Fsp3) is 0.600. The van der Waals surface area contributed by atoms with Gasteiger partial charge in [-0.1, -0.05) is 17.7 Å². The van der Waals surface area contributed by atoms with Crippen LogP contribution in [0.1, 0.15) is 44.6 Å². The van der Waals surface area contributed by atoms with Gasteiger partial charge in [0, 0.05) is 30.1 Å². The van der Waals surface area contributed by atoms with Crippen LogP contribution >= 0.6 is 11.6 Å². The number of amidine groups is 1. The van der Waals surface area contributed by atoms with Crippen molar-refractivity contribution < 1.29 is 26.7 Å². The lowest BCUT2D eigenvalue weighted by atomic mass is 9.81. The van der Waals surface area contributed by atoms with Gasteiger partial charge in [0.2, 0.25) is 0 Å². The van der Waals surface area contributed by atoms with Crippen molar-refractivity contribution in [3.63, 3.8) is 0 Å². The van der Waals surface area contributed by atoms with Crippen molar-refractivity contribution in [3.05, 3.63) is 34.6 Å². The van der Waals surface area contributed by atoms with Gasteiger partial charge in [-0.25, -0.2) is 13.6 Å². The number of benzene rings is 1. The average Bonchev–Trinajstić information content (AvgIpc) is 2.62. The van der Waals surface area contributed by atoms with Crippen LogP contribution in [0.2, 0.25) is 5.02 Å². The van der Waals surface area contributed by atoms with Crippen molar-refractivity contribution >= 4 is 23.5 Å². The van der Waals surface area contributed by atoms with E-state index in [0.717, 1.165) is 4.90 Å². The van der Waals surface area contributed by atoms with Crippen LogP contribution in [0.15, 0.2) is 18.2 Å². The third-order valence-corrected chi connectivity index (χ3v) is 5.60. The maximum Gasteiger partial charge on any atom is 0.390 e. The number of amides is 2. The zero-order chi connectivity index (χ0) is 22.5. The Kier molecular flexibility index (Phi) is 8.07. The van der Waals surface area contributed by atoms with E-state index in [1.807, 2.05) is 0 Å². The van der Waals surface area contributed by atoms with Gasteiger partial charge in [0.25, 0.3) is 0 Å². The third kappa shape index (κ3) is 7.41. The molecular weight excluding hydrogens is 429 g/mol. The second-order valence-electron chi connectivity index (χ2n) is 7.89. The number of nitrogens with one attached hydrogen (secondary N) is 2. The number of nitrogens with zero attached hydrogens (tertiary/aromatic N) is 1. The molecule has 0 unspecified atom stereocenters. The molecule has 4 nitrogen and oxygen atoms in total. The first-order chi connectivity index (χ1) is 13.9. The van der Waals surface area contributed by atoms with Crippen molar-refractivity contribution in [2.75, 3.05) is 13.1 Å². The number of carbonyl (C=O) groups excluding carboxylic acids is 1. The highest BCUT2D eigenvalue weighted by Gasteiger charge is 2.33. The number of halogens is 6. The van der Waals surface area contributed by atoms with Crippen molar-refractivity contribution in [2.45, 2.75) is 57.3 Å². The minimum Gasteiger partial charge on any atom is -0.337 e. The van der Waals surface area contributed by atoms with Gasteiger partial charge in [0.15, 0.2) is 0 Å². The SMILES string of the molecule is CC1(F)CCC(CN(C(=N)Cc2c(F)cccc2Cl)C(=O)NCCC(F)(F)F)CC1. The van der Waals surface area contributed by atoms with Gasteiger partial charge in [0.1, 0.15) is 17.3 Å². The lowest BCUT2D eigenvalue weighted by molar-refractivity contribution is -0.133. The Morgan fingerprint density at radius 2 is 1.97 bits per heavy atom. The summed E-state index contributed by atoms with van der Waals surface area (Å²) < 4.78 is 65.3. The Morgan fingerprint density at radius 3 is 2.53 bits per heavy atom. The molecule has 0 atom stereocenters. The van der Waals surface area contributed by atoms with Gasteiger partial charge in [-0.15, -0.1) is 0 Å². The van der Waals surface area contributed by atoms with Gasteiger partial charge < -0.3 is 5.32 Å². The highest BCUT2D eigenvalue weighted by atomic mass is 35.5. The zero-order valence-electron chi connectivity index (χ0n) is 16.6. The Balaban J connectivity index is 2.11. The predicted octanol–water partition coefficient (Wildman–Crippen LogP) is 5.88. The maximum atomic E-state index is 14.1. The van der Waals surface area contributed by atoms with E-state index < -0.39 is 36.7 Å². The second-order valence-corrected chi connectivity index (χ2v) is 8.30. The van der Waals surface area contributed by atoms with Crippen LogP contribution in [0.25, 0.3) is 0 Å². The van der Waals surface area contributed by atoms with Crippen LogP contribution in [0.4, 0.5) is 26.7 Å². The molecule has 168 valence electrons. The van der Waals surface area contributed by atoms with Crippen LogP contribution in [-0.2, 0) is 6.42 Å². The fourth-order valence-electron chi connectivity index (χ4n) is 3.41. The second kappa shape index (κ2) is 9.94. The van der Waals surface area contributed by atoms with E-state index in [9.17, 15) is 26.7 Å². The fourth-order valence-corrected chi connectivity index (χ4v) is 3.64.